The van der Waals surface area contributed by atoms with Crippen LogP contribution in [0.4, 0.5) is 0 Å². The zero-order chi connectivity index (χ0) is 20.2. The van der Waals surface area contributed by atoms with E-state index in [4.69, 9.17) is 18.9 Å². The third-order valence-corrected chi connectivity index (χ3v) is 4.28. The Morgan fingerprint density at radius 3 is 1.89 bits per heavy atom. The van der Waals surface area contributed by atoms with E-state index in [0.29, 0.717) is 24.3 Å². The van der Waals surface area contributed by atoms with Gasteiger partial charge in [0.05, 0.1) is 14.2 Å². The number of aryl methyl sites for hydroxylation is 1. The molecule has 2 atom stereocenters. The first-order valence-corrected chi connectivity index (χ1v) is 9.56. The number of carbonyl (C=O) groups is 2. The van der Waals surface area contributed by atoms with Crippen LogP contribution >= 0.6 is 0 Å². The van der Waals surface area contributed by atoms with E-state index < -0.39 is 24.1 Å². The third-order valence-electron chi connectivity index (χ3n) is 4.28. The molecule has 0 aromatic heterocycles. The van der Waals surface area contributed by atoms with Gasteiger partial charge >= 0.3 is 11.9 Å². The van der Waals surface area contributed by atoms with Gasteiger partial charge in [-0.3, -0.25) is 0 Å². The molecular weight excluding hydrogens is 348 g/mol. The predicted octanol–water partition coefficient (Wildman–Crippen LogP) is 4.22. The summed E-state index contributed by atoms with van der Waals surface area (Å²) in [6, 6.07) is 5.33. The van der Waals surface area contributed by atoms with Gasteiger partial charge in [0.1, 0.15) is 11.5 Å². The Hall–Kier alpha value is -2.24. The van der Waals surface area contributed by atoms with Crippen LogP contribution in [-0.4, -0.2) is 38.4 Å². The molecule has 2 unspecified atom stereocenters. The summed E-state index contributed by atoms with van der Waals surface area (Å²) in [5.41, 5.74) is 0.871. The van der Waals surface area contributed by atoms with Crippen molar-refractivity contribution in [1.29, 1.82) is 0 Å². The zero-order valence-electron chi connectivity index (χ0n) is 17.1. The van der Waals surface area contributed by atoms with Gasteiger partial charge in [0.15, 0.2) is 12.2 Å². The lowest BCUT2D eigenvalue weighted by atomic mass is 10.1. The molecule has 0 aliphatic carbocycles. The van der Waals surface area contributed by atoms with Crippen molar-refractivity contribution in [1.82, 2.24) is 0 Å². The van der Waals surface area contributed by atoms with E-state index in [1.807, 2.05) is 13.0 Å². The normalized spacial score (nSPS) is 12.8. The molecule has 6 nitrogen and oxygen atoms in total. The van der Waals surface area contributed by atoms with Crippen LogP contribution in [0.25, 0.3) is 0 Å². The van der Waals surface area contributed by atoms with Gasteiger partial charge in [-0.1, -0.05) is 32.8 Å². The first-order chi connectivity index (χ1) is 13.0. The molecule has 1 rings (SSSR count). The number of benzene rings is 1. The van der Waals surface area contributed by atoms with Crippen LogP contribution in [0.2, 0.25) is 0 Å². The third kappa shape index (κ3) is 7.49. The molecule has 27 heavy (non-hydrogen) atoms. The monoisotopic (exact) mass is 380 g/mol. The fourth-order valence-electron chi connectivity index (χ4n) is 2.59. The van der Waals surface area contributed by atoms with Crippen LogP contribution in [0.5, 0.6) is 11.5 Å². The summed E-state index contributed by atoms with van der Waals surface area (Å²) in [6.07, 6.45) is 3.45. The first kappa shape index (κ1) is 22.8. The largest absolute Gasteiger partial charge is 0.479 e. The number of carbonyl (C=O) groups excluding carboxylic acids is 2. The molecule has 0 aliphatic rings. The molecule has 0 bridgehead atoms. The number of unbranched alkanes of at least 4 members (excludes halogenated alkanes) is 2. The van der Waals surface area contributed by atoms with Crippen molar-refractivity contribution in [2.45, 2.75) is 71.5 Å². The topological polar surface area (TPSA) is 71.1 Å². The van der Waals surface area contributed by atoms with Crippen LogP contribution in [0.3, 0.4) is 0 Å². The van der Waals surface area contributed by atoms with Gasteiger partial charge in [-0.2, -0.15) is 0 Å². The van der Waals surface area contributed by atoms with Gasteiger partial charge in [-0.25, -0.2) is 9.59 Å². The van der Waals surface area contributed by atoms with Crippen molar-refractivity contribution in [3.63, 3.8) is 0 Å². The van der Waals surface area contributed by atoms with E-state index in [2.05, 4.69) is 13.8 Å². The van der Waals surface area contributed by atoms with Gasteiger partial charge < -0.3 is 18.9 Å². The smallest absolute Gasteiger partial charge is 0.347 e. The summed E-state index contributed by atoms with van der Waals surface area (Å²) in [4.78, 5) is 24.0. The second kappa shape index (κ2) is 12.2. The number of hydrogen-bond donors (Lipinski definition) is 0. The van der Waals surface area contributed by atoms with Gasteiger partial charge in [0.2, 0.25) is 0 Å². The molecule has 0 heterocycles. The summed E-state index contributed by atoms with van der Waals surface area (Å²) in [6.45, 7) is 5.99. The Labute approximate surface area is 162 Å². The fourth-order valence-corrected chi connectivity index (χ4v) is 2.59. The van der Waals surface area contributed by atoms with E-state index in [9.17, 15) is 9.59 Å². The van der Waals surface area contributed by atoms with Crippen LogP contribution < -0.4 is 9.47 Å². The highest BCUT2D eigenvalue weighted by molar-refractivity contribution is 5.75. The van der Waals surface area contributed by atoms with Crippen LogP contribution in [0.15, 0.2) is 18.2 Å². The van der Waals surface area contributed by atoms with Crippen molar-refractivity contribution in [2.24, 2.45) is 0 Å². The minimum atomic E-state index is -0.666. The van der Waals surface area contributed by atoms with E-state index in [1.54, 1.807) is 12.1 Å². The van der Waals surface area contributed by atoms with Gasteiger partial charge in [0, 0.05) is 6.07 Å². The van der Waals surface area contributed by atoms with Crippen LogP contribution in [0, 0.1) is 6.92 Å². The average molecular weight is 380 g/mol. The fraction of sp³-hybridized carbons (Fsp3) is 0.619. The van der Waals surface area contributed by atoms with E-state index in [1.165, 1.54) is 14.2 Å². The minimum Gasteiger partial charge on any atom is -0.479 e. The molecule has 0 fully saturated rings. The number of esters is 2. The van der Waals surface area contributed by atoms with Gasteiger partial charge in [-0.05, 0) is 44.2 Å². The van der Waals surface area contributed by atoms with Crippen LogP contribution in [0.1, 0.15) is 57.9 Å². The quantitative estimate of drug-likeness (QED) is 0.506. The summed E-state index contributed by atoms with van der Waals surface area (Å²) < 4.78 is 21.4. The van der Waals surface area contributed by atoms with E-state index in [-0.39, 0.29) is 0 Å². The molecule has 6 heteroatoms. The zero-order valence-corrected chi connectivity index (χ0v) is 17.1. The Balaban J connectivity index is 2.96. The minimum absolute atomic E-state index is 0.399. The van der Waals surface area contributed by atoms with Crippen molar-refractivity contribution in [3.05, 3.63) is 23.8 Å². The summed E-state index contributed by atoms with van der Waals surface area (Å²) >= 11 is 0. The van der Waals surface area contributed by atoms with E-state index in [0.717, 1.165) is 31.2 Å². The maximum absolute atomic E-state index is 12.0. The Kier molecular flexibility index (Phi) is 10.3. The van der Waals surface area contributed by atoms with E-state index >= 15 is 0 Å². The second-order valence-electron chi connectivity index (χ2n) is 6.47. The van der Waals surface area contributed by atoms with Crippen molar-refractivity contribution < 1.29 is 28.5 Å². The highest BCUT2D eigenvalue weighted by atomic mass is 16.6. The lowest BCUT2D eigenvalue weighted by Crippen LogP contribution is -2.29. The molecule has 0 amide bonds. The van der Waals surface area contributed by atoms with Crippen molar-refractivity contribution in [3.8, 4) is 11.5 Å². The molecule has 0 spiro atoms. The lowest BCUT2D eigenvalue weighted by Gasteiger charge is -2.20. The predicted molar refractivity (Wildman–Crippen MR) is 103 cm³/mol. The Morgan fingerprint density at radius 1 is 0.889 bits per heavy atom. The van der Waals surface area contributed by atoms with Crippen molar-refractivity contribution in [2.75, 3.05) is 14.2 Å². The maximum Gasteiger partial charge on any atom is 0.347 e. The standard InChI is InChI=1S/C21H32O6/c1-6-8-10-17(20(22)24-4)26-16-13-12-15(3)19(14-16)27-18(11-9-7-2)21(23)25-5/h12-14,17-18H,6-11H2,1-5H3. The Bertz CT molecular complexity index is 598. The van der Waals surface area contributed by atoms with Gasteiger partial charge in [-0.15, -0.1) is 0 Å². The number of hydrogen-bond acceptors (Lipinski definition) is 6. The number of methoxy groups -OCH3 is 2. The molecule has 0 saturated carbocycles. The average Bonchev–Trinajstić information content (AvgIpc) is 2.69. The number of rotatable bonds is 12. The van der Waals surface area contributed by atoms with Crippen LogP contribution in [-0.2, 0) is 19.1 Å². The summed E-state index contributed by atoms with van der Waals surface area (Å²) in [5, 5.41) is 0. The second-order valence-corrected chi connectivity index (χ2v) is 6.47. The molecular formula is C21H32O6. The molecule has 0 saturated heterocycles. The molecule has 0 radical (unpaired) electrons. The first-order valence-electron chi connectivity index (χ1n) is 9.56. The highest BCUT2D eigenvalue weighted by Crippen LogP contribution is 2.27. The summed E-state index contributed by atoms with van der Waals surface area (Å²) in [5.74, 6) is 0.241. The number of ether oxygens (including phenoxy) is 4. The SMILES string of the molecule is CCCCC(Oc1ccc(C)c(OC(CCCC)C(=O)OC)c1)C(=O)OC. The van der Waals surface area contributed by atoms with Crippen molar-refractivity contribution >= 4 is 11.9 Å². The lowest BCUT2D eigenvalue weighted by molar-refractivity contribution is -0.149. The highest BCUT2D eigenvalue weighted by Gasteiger charge is 2.23. The Morgan fingerprint density at radius 2 is 1.41 bits per heavy atom. The maximum atomic E-state index is 12.0. The molecule has 1 aromatic carbocycles. The molecule has 152 valence electrons. The van der Waals surface area contributed by atoms with Gasteiger partial charge in [0.25, 0.3) is 0 Å². The molecule has 1 aromatic rings. The molecule has 0 N–H and O–H groups in total. The summed E-state index contributed by atoms with van der Waals surface area (Å²) in [7, 11) is 2.70. The molecule has 0 aliphatic heterocycles.